The van der Waals surface area contributed by atoms with E-state index in [4.69, 9.17) is 16.7 Å². The number of aliphatic hydroxyl groups is 1. The van der Waals surface area contributed by atoms with Gasteiger partial charge in [0.05, 0.1) is 6.54 Å². The third kappa shape index (κ3) is 5.81. The average Bonchev–Trinajstić information content (AvgIpc) is 2.38. The standard InChI is InChI=1S/C13H17ClF3N3O/c1-18-12(19-7-11(21)13(15,16)17)20(2)8-9-4-3-5-10(14)6-9/h3-6,11,21H,7-8H2,1-2H3,(H,18,19). The minimum absolute atomic E-state index is 0.248. The maximum Gasteiger partial charge on any atom is 0.416 e. The van der Waals surface area contributed by atoms with Crippen LogP contribution in [0.2, 0.25) is 5.02 Å². The molecule has 1 rings (SSSR count). The largest absolute Gasteiger partial charge is 0.416 e. The van der Waals surface area contributed by atoms with Crippen LogP contribution in [0.15, 0.2) is 29.3 Å². The van der Waals surface area contributed by atoms with Gasteiger partial charge in [-0.05, 0) is 17.7 Å². The molecule has 0 aliphatic heterocycles. The number of alkyl halides is 3. The Kier molecular flexibility index (Phi) is 6.29. The number of hydrogen-bond donors (Lipinski definition) is 2. The summed E-state index contributed by atoms with van der Waals surface area (Å²) in [5, 5.41) is 12.0. The van der Waals surface area contributed by atoms with Gasteiger partial charge in [-0.2, -0.15) is 13.2 Å². The molecule has 0 aromatic heterocycles. The van der Waals surface area contributed by atoms with Gasteiger partial charge in [-0.25, -0.2) is 0 Å². The van der Waals surface area contributed by atoms with Gasteiger partial charge in [0.15, 0.2) is 12.1 Å². The molecule has 21 heavy (non-hydrogen) atoms. The van der Waals surface area contributed by atoms with Gasteiger partial charge >= 0.3 is 6.18 Å². The number of guanidine groups is 1. The quantitative estimate of drug-likeness (QED) is 0.660. The predicted octanol–water partition coefficient (Wildman–Crippen LogP) is 2.27. The molecule has 0 spiro atoms. The van der Waals surface area contributed by atoms with Gasteiger partial charge < -0.3 is 15.3 Å². The number of halogens is 4. The van der Waals surface area contributed by atoms with Crippen LogP contribution in [0.3, 0.4) is 0 Å². The lowest BCUT2D eigenvalue weighted by Crippen LogP contribution is -2.45. The molecule has 0 aliphatic rings. The van der Waals surface area contributed by atoms with Gasteiger partial charge in [0, 0.05) is 25.7 Å². The number of aliphatic hydroxyl groups excluding tert-OH is 1. The van der Waals surface area contributed by atoms with E-state index in [9.17, 15) is 13.2 Å². The van der Waals surface area contributed by atoms with E-state index in [1.807, 2.05) is 6.07 Å². The number of aliphatic imine (C=N–C) groups is 1. The monoisotopic (exact) mass is 323 g/mol. The summed E-state index contributed by atoms with van der Waals surface area (Å²) >= 11 is 5.87. The zero-order chi connectivity index (χ0) is 16.0. The molecule has 1 aromatic carbocycles. The van der Waals surface area contributed by atoms with E-state index in [0.717, 1.165) is 5.56 Å². The Hall–Kier alpha value is -1.47. The normalized spacial score (nSPS) is 14.0. The van der Waals surface area contributed by atoms with Gasteiger partial charge in [-0.1, -0.05) is 23.7 Å². The predicted molar refractivity (Wildman–Crippen MR) is 76.3 cm³/mol. The maximum atomic E-state index is 12.2. The first kappa shape index (κ1) is 17.6. The average molecular weight is 324 g/mol. The summed E-state index contributed by atoms with van der Waals surface area (Å²) in [5.74, 6) is 0.248. The summed E-state index contributed by atoms with van der Waals surface area (Å²) in [4.78, 5) is 5.51. The van der Waals surface area contributed by atoms with Crippen LogP contribution in [0.4, 0.5) is 13.2 Å². The molecule has 0 bridgehead atoms. The summed E-state index contributed by atoms with van der Waals surface area (Å²) < 4.78 is 36.7. The van der Waals surface area contributed by atoms with Crippen molar-refractivity contribution in [3.05, 3.63) is 34.9 Å². The fourth-order valence-electron chi connectivity index (χ4n) is 1.67. The van der Waals surface area contributed by atoms with Gasteiger partial charge in [0.2, 0.25) is 0 Å². The lowest BCUT2D eigenvalue weighted by Gasteiger charge is -2.24. The van der Waals surface area contributed by atoms with E-state index >= 15 is 0 Å². The first-order valence-corrected chi connectivity index (χ1v) is 6.53. The molecule has 118 valence electrons. The molecule has 0 amide bonds. The van der Waals surface area contributed by atoms with Crippen LogP contribution in [0.25, 0.3) is 0 Å². The number of benzene rings is 1. The van der Waals surface area contributed by atoms with Crippen LogP contribution in [0, 0.1) is 0 Å². The molecule has 1 atom stereocenters. The lowest BCUT2D eigenvalue weighted by molar-refractivity contribution is -0.201. The summed E-state index contributed by atoms with van der Waals surface area (Å²) in [6.07, 6.45) is -7.09. The van der Waals surface area contributed by atoms with Crippen LogP contribution < -0.4 is 5.32 Å². The smallest absolute Gasteiger partial charge is 0.382 e. The highest BCUT2D eigenvalue weighted by Crippen LogP contribution is 2.19. The molecule has 1 unspecified atom stereocenters. The Bertz CT molecular complexity index is 494. The van der Waals surface area contributed by atoms with Crippen molar-refractivity contribution in [1.29, 1.82) is 0 Å². The number of rotatable bonds is 4. The van der Waals surface area contributed by atoms with Crippen molar-refractivity contribution in [2.45, 2.75) is 18.8 Å². The number of nitrogens with zero attached hydrogens (tertiary/aromatic N) is 2. The minimum atomic E-state index is -4.66. The second kappa shape index (κ2) is 7.51. The second-order valence-electron chi connectivity index (χ2n) is 4.47. The third-order valence-corrected chi connectivity index (χ3v) is 2.95. The fraction of sp³-hybridized carbons (Fsp3) is 0.462. The highest BCUT2D eigenvalue weighted by atomic mass is 35.5. The number of nitrogens with one attached hydrogen (secondary N) is 1. The third-order valence-electron chi connectivity index (χ3n) is 2.71. The molecule has 0 radical (unpaired) electrons. The summed E-state index contributed by atoms with van der Waals surface area (Å²) in [7, 11) is 3.13. The summed E-state index contributed by atoms with van der Waals surface area (Å²) in [5.41, 5.74) is 0.893. The Morgan fingerprint density at radius 2 is 2.14 bits per heavy atom. The Morgan fingerprint density at radius 3 is 2.67 bits per heavy atom. The van der Waals surface area contributed by atoms with Gasteiger partial charge in [0.1, 0.15) is 0 Å². The highest BCUT2D eigenvalue weighted by Gasteiger charge is 2.38. The van der Waals surface area contributed by atoms with Crippen LogP contribution >= 0.6 is 11.6 Å². The van der Waals surface area contributed by atoms with E-state index in [1.54, 1.807) is 30.1 Å². The molecule has 0 heterocycles. The van der Waals surface area contributed by atoms with Crippen molar-refractivity contribution in [3.8, 4) is 0 Å². The minimum Gasteiger partial charge on any atom is -0.382 e. The van der Waals surface area contributed by atoms with Crippen molar-refractivity contribution in [1.82, 2.24) is 10.2 Å². The van der Waals surface area contributed by atoms with Crippen LogP contribution in [0.1, 0.15) is 5.56 Å². The van der Waals surface area contributed by atoms with E-state index in [2.05, 4.69) is 10.3 Å². The zero-order valence-electron chi connectivity index (χ0n) is 11.7. The molecule has 8 heteroatoms. The van der Waals surface area contributed by atoms with Gasteiger partial charge in [-0.3, -0.25) is 4.99 Å². The lowest BCUT2D eigenvalue weighted by atomic mass is 10.2. The Balaban J connectivity index is 2.60. The highest BCUT2D eigenvalue weighted by molar-refractivity contribution is 6.30. The molecule has 0 saturated carbocycles. The van der Waals surface area contributed by atoms with Gasteiger partial charge in [0.25, 0.3) is 0 Å². The van der Waals surface area contributed by atoms with Crippen LogP contribution in [-0.4, -0.2) is 48.9 Å². The molecule has 0 aliphatic carbocycles. The van der Waals surface area contributed by atoms with E-state index in [0.29, 0.717) is 11.6 Å². The molecule has 4 nitrogen and oxygen atoms in total. The molecule has 0 fully saturated rings. The first-order chi connectivity index (χ1) is 9.74. The van der Waals surface area contributed by atoms with E-state index in [-0.39, 0.29) is 5.96 Å². The van der Waals surface area contributed by atoms with E-state index in [1.165, 1.54) is 7.05 Å². The fourth-order valence-corrected chi connectivity index (χ4v) is 1.89. The number of hydrogen-bond acceptors (Lipinski definition) is 2. The van der Waals surface area contributed by atoms with Crippen molar-refractivity contribution in [2.75, 3.05) is 20.6 Å². The Morgan fingerprint density at radius 1 is 1.48 bits per heavy atom. The summed E-state index contributed by atoms with van der Waals surface area (Å²) in [6, 6.07) is 7.13. The molecule has 2 N–H and O–H groups in total. The van der Waals surface area contributed by atoms with Crippen molar-refractivity contribution in [2.24, 2.45) is 4.99 Å². The van der Waals surface area contributed by atoms with Crippen molar-refractivity contribution >= 4 is 17.6 Å². The van der Waals surface area contributed by atoms with E-state index < -0.39 is 18.8 Å². The first-order valence-electron chi connectivity index (χ1n) is 6.15. The molecular formula is C13H17ClF3N3O. The summed E-state index contributed by atoms with van der Waals surface area (Å²) in [6.45, 7) is -0.238. The molecule has 1 aromatic rings. The second-order valence-corrected chi connectivity index (χ2v) is 4.91. The molecular weight excluding hydrogens is 307 g/mol. The van der Waals surface area contributed by atoms with Crippen LogP contribution in [0.5, 0.6) is 0 Å². The topological polar surface area (TPSA) is 47.9 Å². The molecule has 0 saturated heterocycles. The SMILES string of the molecule is CN=C(NCC(O)C(F)(F)F)N(C)Cc1cccc(Cl)c1. The Labute approximate surface area is 126 Å². The van der Waals surface area contributed by atoms with Crippen LogP contribution in [-0.2, 0) is 6.54 Å². The van der Waals surface area contributed by atoms with Gasteiger partial charge in [-0.15, -0.1) is 0 Å². The maximum absolute atomic E-state index is 12.2. The zero-order valence-corrected chi connectivity index (χ0v) is 12.4. The van der Waals surface area contributed by atoms with Crippen molar-refractivity contribution in [3.63, 3.8) is 0 Å². The van der Waals surface area contributed by atoms with Crippen molar-refractivity contribution < 1.29 is 18.3 Å².